The van der Waals surface area contributed by atoms with Gasteiger partial charge in [0.15, 0.2) is 5.65 Å². The molecule has 2 aliphatic rings. The molecule has 10 heteroatoms. The molecule has 1 aliphatic heterocycles. The number of pyridine rings is 1. The van der Waals surface area contributed by atoms with Gasteiger partial charge in [-0.2, -0.15) is 9.61 Å². The molecule has 1 saturated carbocycles. The summed E-state index contributed by atoms with van der Waals surface area (Å²) in [6, 6.07) is 5.52. The van der Waals surface area contributed by atoms with Gasteiger partial charge in [0.25, 0.3) is 5.91 Å². The summed E-state index contributed by atoms with van der Waals surface area (Å²) in [5.41, 5.74) is 3.19. The number of amides is 1. The first kappa shape index (κ1) is 22.3. The molecule has 0 aromatic carbocycles. The molecule has 4 N–H and O–H groups in total. The minimum atomic E-state index is -0.485. The van der Waals surface area contributed by atoms with Crippen molar-refractivity contribution in [2.75, 3.05) is 25.6 Å². The fourth-order valence-corrected chi connectivity index (χ4v) is 4.19. The molecule has 2 unspecified atom stereocenters. The minimum absolute atomic E-state index is 0.214. The Hall–Kier alpha value is -3.50. The first-order valence-electron chi connectivity index (χ1n) is 11.7. The number of fused-ring (bicyclic) bond motifs is 2. The van der Waals surface area contributed by atoms with Crippen LogP contribution >= 0.6 is 0 Å². The quantitative estimate of drug-likeness (QED) is 0.366. The summed E-state index contributed by atoms with van der Waals surface area (Å²) in [6.07, 6.45) is 10.0. The standard InChI is InChI=1S/C19H19N7O2.C5H10O/c1-20-16-7-14(11-8-22-17-10(11)3-2-6-21-17)24-18-12(9-23-26(16)18)19(28)25-13-4-5-15(13)27;1-2-4-6-5-3-1/h2-3,6-9,13,15,20,27H,4-5H2,1H3,(H,21,22)(H,25,28);1-5H2. The highest BCUT2D eigenvalue weighted by atomic mass is 16.5. The van der Waals surface area contributed by atoms with Crippen LogP contribution < -0.4 is 10.6 Å². The van der Waals surface area contributed by atoms with Gasteiger partial charge in [0.2, 0.25) is 0 Å². The number of carbonyl (C=O) groups is 1. The van der Waals surface area contributed by atoms with E-state index in [9.17, 15) is 9.90 Å². The smallest absolute Gasteiger partial charge is 0.257 e. The van der Waals surface area contributed by atoms with Crippen molar-refractivity contribution in [1.29, 1.82) is 0 Å². The van der Waals surface area contributed by atoms with Crippen LogP contribution in [-0.4, -0.2) is 68.0 Å². The van der Waals surface area contributed by atoms with Crippen LogP contribution in [0.25, 0.3) is 27.9 Å². The van der Waals surface area contributed by atoms with Crippen LogP contribution in [0.15, 0.2) is 36.8 Å². The van der Waals surface area contributed by atoms with Gasteiger partial charge >= 0.3 is 0 Å². The van der Waals surface area contributed by atoms with E-state index < -0.39 is 6.10 Å². The SMILES string of the molecule is C1CCOCC1.CNc1cc(-c2c[nH]c3ncccc23)nc2c(C(=O)NC3CCC3O)cnn12. The Bertz CT molecular complexity index is 1280. The van der Waals surface area contributed by atoms with Crippen molar-refractivity contribution in [2.24, 2.45) is 0 Å². The predicted molar refractivity (Wildman–Crippen MR) is 129 cm³/mol. The summed E-state index contributed by atoms with van der Waals surface area (Å²) in [5, 5.41) is 21.0. The maximum atomic E-state index is 12.7. The van der Waals surface area contributed by atoms with Crippen LogP contribution in [0.1, 0.15) is 42.5 Å². The molecule has 34 heavy (non-hydrogen) atoms. The number of nitrogens with zero attached hydrogens (tertiary/aromatic N) is 4. The lowest BCUT2D eigenvalue weighted by Crippen LogP contribution is -2.50. The number of anilines is 1. The molecule has 4 aromatic rings. The summed E-state index contributed by atoms with van der Waals surface area (Å²) in [6.45, 7) is 2.00. The topological polar surface area (TPSA) is 129 Å². The van der Waals surface area contributed by atoms with Crippen molar-refractivity contribution in [3.05, 3.63) is 42.4 Å². The van der Waals surface area contributed by atoms with Crippen LogP contribution in [0, 0.1) is 0 Å². The zero-order valence-electron chi connectivity index (χ0n) is 19.1. The number of nitrogens with one attached hydrogen (secondary N) is 3. The molecule has 5 heterocycles. The molecule has 6 rings (SSSR count). The van der Waals surface area contributed by atoms with E-state index in [0.717, 1.165) is 36.2 Å². The normalized spacial score (nSPS) is 19.8. The number of H-pyrrole nitrogens is 1. The first-order valence-corrected chi connectivity index (χ1v) is 11.7. The molecule has 4 aromatic heterocycles. The highest BCUT2D eigenvalue weighted by Crippen LogP contribution is 2.29. The molecule has 1 amide bonds. The first-order chi connectivity index (χ1) is 16.7. The zero-order chi connectivity index (χ0) is 23.5. The number of hydrogen-bond acceptors (Lipinski definition) is 7. The maximum Gasteiger partial charge on any atom is 0.257 e. The number of hydrogen-bond donors (Lipinski definition) is 4. The Morgan fingerprint density at radius 1 is 1.26 bits per heavy atom. The fraction of sp³-hybridized carbons (Fsp3) is 0.417. The van der Waals surface area contributed by atoms with Crippen LogP contribution in [0.4, 0.5) is 5.82 Å². The highest BCUT2D eigenvalue weighted by molar-refractivity contribution is 6.01. The average Bonchev–Trinajstić information content (AvgIpc) is 3.51. The third kappa shape index (κ3) is 4.34. The molecule has 178 valence electrons. The Morgan fingerprint density at radius 3 is 2.76 bits per heavy atom. The van der Waals surface area contributed by atoms with Crippen LogP contribution in [0.2, 0.25) is 0 Å². The summed E-state index contributed by atoms with van der Waals surface area (Å²) in [5.74, 6) is 0.423. The largest absolute Gasteiger partial charge is 0.391 e. The van der Waals surface area contributed by atoms with E-state index in [2.05, 4.69) is 25.7 Å². The van der Waals surface area contributed by atoms with E-state index in [1.807, 2.05) is 24.4 Å². The van der Waals surface area contributed by atoms with Gasteiger partial charge in [-0.15, -0.1) is 0 Å². The second-order valence-electron chi connectivity index (χ2n) is 8.57. The number of aliphatic hydroxyl groups excluding tert-OH is 1. The van der Waals surface area contributed by atoms with Gasteiger partial charge in [-0.05, 0) is 44.2 Å². The number of rotatable bonds is 4. The molecule has 2 fully saturated rings. The lowest BCUT2D eigenvalue weighted by molar-refractivity contribution is 0.0448. The van der Waals surface area contributed by atoms with Crippen molar-refractivity contribution in [2.45, 2.75) is 44.2 Å². The Kier molecular flexibility index (Phi) is 6.41. The van der Waals surface area contributed by atoms with E-state index in [1.165, 1.54) is 25.5 Å². The van der Waals surface area contributed by atoms with Gasteiger partial charge in [-0.25, -0.2) is 9.97 Å². The number of aromatic nitrogens is 5. The van der Waals surface area contributed by atoms with Crippen LogP contribution in [0.5, 0.6) is 0 Å². The molecule has 1 saturated heterocycles. The summed E-state index contributed by atoms with van der Waals surface area (Å²) < 4.78 is 6.67. The second-order valence-corrected chi connectivity index (χ2v) is 8.57. The van der Waals surface area contributed by atoms with Gasteiger partial charge in [0.1, 0.15) is 17.0 Å². The monoisotopic (exact) mass is 463 g/mol. The number of aliphatic hydroxyl groups is 1. The van der Waals surface area contributed by atoms with E-state index in [1.54, 1.807) is 17.8 Å². The average molecular weight is 464 g/mol. The summed E-state index contributed by atoms with van der Waals surface area (Å²) >= 11 is 0. The van der Waals surface area contributed by atoms with E-state index in [0.29, 0.717) is 29.1 Å². The zero-order valence-corrected chi connectivity index (χ0v) is 19.1. The predicted octanol–water partition coefficient (Wildman–Crippen LogP) is 2.75. The van der Waals surface area contributed by atoms with Crippen LogP contribution in [-0.2, 0) is 4.74 Å². The van der Waals surface area contributed by atoms with Crippen molar-refractivity contribution >= 4 is 28.4 Å². The molecule has 1 aliphatic carbocycles. The maximum absolute atomic E-state index is 12.7. The Balaban J connectivity index is 0.000000351. The van der Waals surface area contributed by atoms with Gasteiger partial charge in [-0.3, -0.25) is 4.79 Å². The van der Waals surface area contributed by atoms with Crippen molar-refractivity contribution in [3.63, 3.8) is 0 Å². The number of ether oxygens (including phenoxy) is 1. The second kappa shape index (κ2) is 9.78. The molecule has 0 spiro atoms. The van der Waals surface area contributed by atoms with Gasteiger partial charge < -0.3 is 25.5 Å². The van der Waals surface area contributed by atoms with Gasteiger partial charge in [0.05, 0.1) is 24.0 Å². The van der Waals surface area contributed by atoms with E-state index in [4.69, 9.17) is 9.72 Å². The van der Waals surface area contributed by atoms with E-state index >= 15 is 0 Å². The van der Waals surface area contributed by atoms with Crippen molar-refractivity contribution in [1.82, 2.24) is 29.9 Å². The summed E-state index contributed by atoms with van der Waals surface area (Å²) in [7, 11) is 1.79. The van der Waals surface area contributed by atoms with Gasteiger partial charge in [0, 0.05) is 49.7 Å². The Labute approximate surface area is 196 Å². The number of aromatic amines is 1. The van der Waals surface area contributed by atoms with Crippen LogP contribution in [0.3, 0.4) is 0 Å². The van der Waals surface area contributed by atoms with Crippen molar-refractivity contribution in [3.8, 4) is 11.3 Å². The molecule has 0 bridgehead atoms. The van der Waals surface area contributed by atoms with E-state index in [-0.39, 0.29) is 11.9 Å². The van der Waals surface area contributed by atoms with Gasteiger partial charge in [-0.1, -0.05) is 0 Å². The third-order valence-electron chi connectivity index (χ3n) is 6.33. The van der Waals surface area contributed by atoms with Crippen molar-refractivity contribution < 1.29 is 14.6 Å². The fourth-order valence-electron chi connectivity index (χ4n) is 4.19. The molecule has 0 radical (unpaired) electrons. The number of carbonyl (C=O) groups excluding carboxylic acids is 1. The third-order valence-corrected chi connectivity index (χ3v) is 6.33. The molecule has 10 nitrogen and oxygen atoms in total. The lowest BCUT2D eigenvalue weighted by atomic mass is 9.89. The Morgan fingerprint density at radius 2 is 2.12 bits per heavy atom. The summed E-state index contributed by atoms with van der Waals surface area (Å²) in [4.78, 5) is 24.9. The minimum Gasteiger partial charge on any atom is -0.391 e. The molecule has 2 atom stereocenters. The molecular weight excluding hydrogens is 434 g/mol. The highest BCUT2D eigenvalue weighted by Gasteiger charge is 2.31. The lowest BCUT2D eigenvalue weighted by Gasteiger charge is -2.32. The molecular formula is C24H29N7O3.